The molecule has 7 nitrogen and oxygen atoms in total. The standard InChI is InChI=1S/C37H73N2O5/c1-30(2,3)24-36(15,27-28(44-27)43-26-22-33(9,10)38(41)34(11,12)23-26)35(13,14)32(7,8)25-37(16,31(4,5)6)29(40)42-21-20-39(17,18)19/h26-28,41H,20-25H2,1-19H3/q+1. The Bertz CT molecular complexity index is 994. The molecule has 0 radical (unpaired) electrons. The number of esters is 1. The number of ether oxygens (including phenoxy) is 3. The average Bonchev–Trinajstić information content (AvgIpc) is 3.53. The smallest absolute Gasteiger partial charge is 0.312 e. The molecule has 0 aromatic heterocycles. The first kappa shape index (κ1) is 39.4. The predicted octanol–water partition coefficient (Wildman–Crippen LogP) is 8.33. The molecule has 2 saturated heterocycles. The third-order valence-corrected chi connectivity index (χ3v) is 11.9. The van der Waals surface area contributed by atoms with Crippen LogP contribution in [0.1, 0.15) is 136 Å². The Balaban J connectivity index is 2.40. The van der Waals surface area contributed by atoms with Crippen LogP contribution in [0.3, 0.4) is 0 Å². The molecule has 0 amide bonds. The third kappa shape index (κ3) is 8.40. The fourth-order valence-electron chi connectivity index (χ4n) is 7.99. The van der Waals surface area contributed by atoms with Gasteiger partial charge in [0.15, 0.2) is 6.29 Å². The molecule has 4 unspecified atom stereocenters. The van der Waals surface area contributed by atoms with Gasteiger partial charge < -0.3 is 23.9 Å². The molecule has 0 aromatic carbocycles. The lowest BCUT2D eigenvalue weighted by Crippen LogP contribution is -2.60. The molecule has 0 aromatic rings. The van der Waals surface area contributed by atoms with Crippen LogP contribution in [0.4, 0.5) is 0 Å². The minimum atomic E-state index is -0.683. The predicted molar refractivity (Wildman–Crippen MR) is 180 cm³/mol. The highest BCUT2D eigenvalue weighted by atomic mass is 16.8. The molecular weight excluding hydrogens is 552 g/mol. The second-order valence-electron chi connectivity index (χ2n) is 20.6. The van der Waals surface area contributed by atoms with Gasteiger partial charge in [0, 0.05) is 16.5 Å². The second kappa shape index (κ2) is 12.1. The van der Waals surface area contributed by atoms with Crippen LogP contribution in [-0.2, 0) is 19.0 Å². The summed E-state index contributed by atoms with van der Waals surface area (Å²) in [5.41, 5.74) is -2.42. The lowest BCUT2D eigenvalue weighted by atomic mass is 9.46. The second-order valence-corrected chi connectivity index (χ2v) is 20.6. The van der Waals surface area contributed by atoms with E-state index in [2.05, 4.69) is 132 Å². The zero-order valence-corrected chi connectivity index (χ0v) is 32.4. The molecule has 44 heavy (non-hydrogen) atoms. The molecule has 260 valence electrons. The molecule has 7 heteroatoms. The van der Waals surface area contributed by atoms with Crippen molar-refractivity contribution >= 4 is 5.97 Å². The number of carbonyl (C=O) groups is 1. The lowest BCUT2D eigenvalue weighted by Gasteiger charge is -2.58. The Morgan fingerprint density at radius 3 is 1.75 bits per heavy atom. The monoisotopic (exact) mass is 626 g/mol. The first-order chi connectivity index (χ1) is 19.2. The summed E-state index contributed by atoms with van der Waals surface area (Å²) in [6.45, 7) is 36.8. The van der Waals surface area contributed by atoms with Crippen LogP contribution >= 0.6 is 0 Å². The van der Waals surface area contributed by atoms with Crippen molar-refractivity contribution < 1.29 is 28.7 Å². The van der Waals surface area contributed by atoms with Crippen molar-refractivity contribution in [2.45, 2.75) is 166 Å². The minimum Gasteiger partial charge on any atom is -0.459 e. The fraction of sp³-hybridized carbons (Fsp3) is 0.973. The van der Waals surface area contributed by atoms with Crippen molar-refractivity contribution in [1.82, 2.24) is 5.06 Å². The number of rotatable bonds is 12. The molecule has 0 saturated carbocycles. The highest BCUT2D eigenvalue weighted by Gasteiger charge is 2.65. The van der Waals surface area contributed by atoms with E-state index < -0.39 is 5.41 Å². The minimum absolute atomic E-state index is 0.000850. The van der Waals surface area contributed by atoms with Gasteiger partial charge in [0.05, 0.1) is 32.7 Å². The van der Waals surface area contributed by atoms with Crippen molar-refractivity contribution in [2.75, 3.05) is 34.3 Å². The lowest BCUT2D eigenvalue weighted by molar-refractivity contribution is -0.870. The third-order valence-electron chi connectivity index (χ3n) is 11.9. The van der Waals surface area contributed by atoms with E-state index in [1.807, 2.05) is 0 Å². The normalized spacial score (nSPS) is 26.5. The number of likely N-dealkylation sites (N-methyl/N-ethyl adjacent to an activating group) is 1. The van der Waals surface area contributed by atoms with Gasteiger partial charge in [0.2, 0.25) is 0 Å². The van der Waals surface area contributed by atoms with Gasteiger partial charge in [-0.2, -0.15) is 5.06 Å². The summed E-state index contributed by atoms with van der Waals surface area (Å²) in [6.07, 6.45) is 2.77. The molecule has 2 rings (SSSR count). The van der Waals surface area contributed by atoms with Gasteiger partial charge in [-0.15, -0.1) is 0 Å². The van der Waals surface area contributed by atoms with E-state index in [0.29, 0.717) is 13.0 Å². The van der Waals surface area contributed by atoms with Crippen LogP contribution in [0.25, 0.3) is 0 Å². The molecule has 0 spiro atoms. The summed E-state index contributed by atoms with van der Waals surface area (Å²) in [7, 11) is 6.35. The number of epoxide rings is 1. The van der Waals surface area contributed by atoms with Crippen LogP contribution in [-0.4, -0.2) is 84.6 Å². The van der Waals surface area contributed by atoms with Crippen molar-refractivity contribution in [1.29, 1.82) is 0 Å². The van der Waals surface area contributed by atoms with Crippen LogP contribution < -0.4 is 0 Å². The van der Waals surface area contributed by atoms with E-state index in [9.17, 15) is 10.0 Å². The summed E-state index contributed by atoms with van der Waals surface area (Å²) in [5.74, 6) is -0.107. The number of hydrogen-bond donors (Lipinski definition) is 1. The van der Waals surface area contributed by atoms with E-state index in [1.165, 1.54) is 5.06 Å². The maximum Gasteiger partial charge on any atom is 0.312 e. The van der Waals surface area contributed by atoms with Gasteiger partial charge in [-0.05, 0) is 82.0 Å². The van der Waals surface area contributed by atoms with E-state index in [0.717, 1.165) is 30.3 Å². The first-order valence-corrected chi connectivity index (χ1v) is 17.0. The maximum absolute atomic E-state index is 13.9. The fourth-order valence-corrected chi connectivity index (χ4v) is 7.99. The van der Waals surface area contributed by atoms with Crippen molar-refractivity contribution in [3.8, 4) is 0 Å². The molecular formula is C37H73N2O5+. The summed E-state index contributed by atoms with van der Waals surface area (Å²) in [6, 6.07) is 0. The quantitative estimate of drug-likeness (QED) is 0.134. The van der Waals surface area contributed by atoms with Crippen molar-refractivity contribution in [2.24, 2.45) is 32.5 Å². The zero-order valence-electron chi connectivity index (χ0n) is 32.4. The van der Waals surface area contributed by atoms with E-state index in [1.54, 1.807) is 0 Å². The van der Waals surface area contributed by atoms with Gasteiger partial charge in [-0.1, -0.05) is 76.2 Å². The van der Waals surface area contributed by atoms with Gasteiger partial charge in [-0.25, -0.2) is 0 Å². The number of carbonyl (C=O) groups excluding carboxylic acids is 1. The van der Waals surface area contributed by atoms with Gasteiger partial charge in [-0.3, -0.25) is 4.79 Å². The van der Waals surface area contributed by atoms with Crippen LogP contribution in [0.2, 0.25) is 0 Å². The van der Waals surface area contributed by atoms with Crippen LogP contribution in [0, 0.1) is 32.5 Å². The van der Waals surface area contributed by atoms with Gasteiger partial charge in [0.1, 0.15) is 19.3 Å². The topological polar surface area (TPSA) is 71.5 Å². The molecule has 2 aliphatic rings. The van der Waals surface area contributed by atoms with E-state index in [4.69, 9.17) is 14.2 Å². The molecule has 1 N–H and O–H groups in total. The first-order valence-electron chi connectivity index (χ1n) is 17.0. The Labute approximate surface area is 272 Å². The summed E-state index contributed by atoms with van der Waals surface area (Å²) in [4.78, 5) is 13.9. The largest absolute Gasteiger partial charge is 0.459 e. The van der Waals surface area contributed by atoms with Crippen LogP contribution in [0.15, 0.2) is 0 Å². The Morgan fingerprint density at radius 2 is 1.34 bits per heavy atom. The van der Waals surface area contributed by atoms with E-state index in [-0.39, 0.29) is 62.6 Å². The average molecular weight is 626 g/mol. The summed E-state index contributed by atoms with van der Waals surface area (Å²) < 4.78 is 20.0. The van der Waals surface area contributed by atoms with Gasteiger partial charge >= 0.3 is 5.97 Å². The number of hydrogen-bond acceptors (Lipinski definition) is 6. The highest BCUT2D eigenvalue weighted by Crippen LogP contribution is 2.65. The highest BCUT2D eigenvalue weighted by molar-refractivity contribution is 5.77. The van der Waals surface area contributed by atoms with Crippen molar-refractivity contribution in [3.05, 3.63) is 0 Å². The molecule has 0 aliphatic carbocycles. The molecule has 0 bridgehead atoms. The number of quaternary nitrogens is 1. The van der Waals surface area contributed by atoms with Crippen molar-refractivity contribution in [3.63, 3.8) is 0 Å². The molecule has 2 heterocycles. The number of hydroxylamine groups is 2. The van der Waals surface area contributed by atoms with Crippen LogP contribution in [0.5, 0.6) is 0 Å². The molecule has 2 fully saturated rings. The SMILES string of the molecule is CC(C)(C)CC(C)(C1OC1OC1CC(C)(C)N(O)C(C)(C)C1)C(C)(C)C(C)(C)CC(C)(C(=O)OCC[N+](C)(C)C)C(C)(C)C. The summed E-state index contributed by atoms with van der Waals surface area (Å²) >= 11 is 0. The zero-order chi connectivity index (χ0) is 34.8. The number of nitrogens with zero attached hydrogens (tertiary/aromatic N) is 2. The van der Waals surface area contributed by atoms with Gasteiger partial charge in [0.25, 0.3) is 0 Å². The molecule has 2 aliphatic heterocycles. The Morgan fingerprint density at radius 1 is 0.864 bits per heavy atom. The Hall–Kier alpha value is -0.730. The Kier molecular flexibility index (Phi) is 10.8. The maximum atomic E-state index is 13.9. The molecule has 4 atom stereocenters. The summed E-state index contributed by atoms with van der Waals surface area (Å²) in [5, 5.41) is 12.3. The van der Waals surface area contributed by atoms with E-state index >= 15 is 0 Å². The number of piperidine rings is 1.